The minimum Gasteiger partial charge on any atom is -0.475 e. The Balaban J connectivity index is 0.000000370. The van der Waals surface area contributed by atoms with Crippen LogP contribution in [-0.4, -0.2) is 78.2 Å². The van der Waals surface area contributed by atoms with Crippen molar-refractivity contribution in [3.63, 3.8) is 0 Å². The van der Waals surface area contributed by atoms with Gasteiger partial charge in [0.1, 0.15) is 0 Å². The fourth-order valence-corrected chi connectivity index (χ4v) is 4.17. The summed E-state index contributed by atoms with van der Waals surface area (Å²) in [6, 6.07) is 0. The van der Waals surface area contributed by atoms with E-state index in [1.165, 1.54) is 21.5 Å². The Hall–Kier alpha value is -1.70. The van der Waals surface area contributed by atoms with Crippen molar-refractivity contribution in [2.45, 2.75) is 38.0 Å². The van der Waals surface area contributed by atoms with Crippen molar-refractivity contribution in [3.05, 3.63) is 17.7 Å². The first-order chi connectivity index (χ1) is 13.4. The van der Waals surface area contributed by atoms with Gasteiger partial charge in [0.15, 0.2) is 0 Å². The van der Waals surface area contributed by atoms with E-state index in [2.05, 4.69) is 9.55 Å². The van der Waals surface area contributed by atoms with E-state index < -0.39 is 22.4 Å². The highest BCUT2D eigenvalue weighted by Crippen LogP contribution is 2.35. The van der Waals surface area contributed by atoms with Crippen LogP contribution in [0.15, 0.2) is 6.33 Å². The molecule has 166 valence electrons. The third-order valence-corrected chi connectivity index (χ3v) is 6.50. The highest BCUT2D eigenvalue weighted by atomic mass is 32.2. The third kappa shape index (κ3) is 5.90. The van der Waals surface area contributed by atoms with Crippen molar-refractivity contribution < 1.29 is 36.2 Å². The molecule has 1 fully saturated rings. The van der Waals surface area contributed by atoms with Crippen molar-refractivity contribution in [2.24, 2.45) is 5.92 Å². The maximum absolute atomic E-state index is 12.4. The van der Waals surface area contributed by atoms with Crippen LogP contribution in [0.2, 0.25) is 0 Å². The van der Waals surface area contributed by atoms with Gasteiger partial charge in [-0.1, -0.05) is 0 Å². The second-order valence-electron chi connectivity index (χ2n) is 7.21. The summed E-state index contributed by atoms with van der Waals surface area (Å²) < 4.78 is 66.8. The highest BCUT2D eigenvalue weighted by molar-refractivity contribution is 7.86. The van der Waals surface area contributed by atoms with Crippen LogP contribution in [0.25, 0.3) is 0 Å². The first-order valence-corrected chi connectivity index (χ1v) is 10.3. The Bertz CT molecular complexity index is 821. The first-order valence-electron chi connectivity index (χ1n) is 8.88. The number of aliphatic carboxylic acids is 1. The lowest BCUT2D eigenvalue weighted by Crippen LogP contribution is -2.45. The summed E-state index contributed by atoms with van der Waals surface area (Å²) in [5.74, 6) is -1.97. The molecule has 0 spiro atoms. The summed E-state index contributed by atoms with van der Waals surface area (Å²) in [5.41, 5.74) is 2.01. The SMILES string of the molecule is COCC1CN(S(=O)(=O)N(C)C)Cc2ncn(CC3CC3)c21.O=C(O)C(F)(F)F. The summed E-state index contributed by atoms with van der Waals surface area (Å²) >= 11 is 0. The molecule has 2 aliphatic rings. The number of imidazole rings is 1. The van der Waals surface area contributed by atoms with Crippen molar-refractivity contribution >= 4 is 16.2 Å². The van der Waals surface area contributed by atoms with E-state index in [9.17, 15) is 21.6 Å². The average Bonchev–Trinajstić information content (AvgIpc) is 3.33. The molecule has 2 heterocycles. The van der Waals surface area contributed by atoms with Gasteiger partial charge in [0.05, 0.1) is 25.2 Å². The first kappa shape index (κ1) is 23.6. The molecule has 1 saturated carbocycles. The number of halogens is 3. The van der Waals surface area contributed by atoms with E-state index in [-0.39, 0.29) is 5.92 Å². The normalized spacial score (nSPS) is 20.2. The lowest BCUT2D eigenvalue weighted by Gasteiger charge is -2.33. The van der Waals surface area contributed by atoms with Gasteiger partial charge >= 0.3 is 12.1 Å². The zero-order chi connectivity index (χ0) is 22.0. The third-order valence-electron chi connectivity index (χ3n) is 4.64. The number of hydrogen-bond donors (Lipinski definition) is 1. The Morgan fingerprint density at radius 3 is 2.41 bits per heavy atom. The van der Waals surface area contributed by atoms with Crippen LogP contribution < -0.4 is 0 Å². The van der Waals surface area contributed by atoms with Crippen LogP contribution in [0.5, 0.6) is 0 Å². The summed E-state index contributed by atoms with van der Waals surface area (Å²) in [5, 5.41) is 7.12. The number of ether oxygens (including phenoxy) is 1. The number of fused-ring (bicyclic) bond motifs is 1. The number of nitrogens with zero attached hydrogens (tertiary/aromatic N) is 4. The van der Waals surface area contributed by atoms with Crippen LogP contribution in [0.3, 0.4) is 0 Å². The molecular formula is C16H25F3N4O5S. The minimum atomic E-state index is -5.08. The number of carboxylic acids is 1. The van der Waals surface area contributed by atoms with Crippen LogP contribution in [0.4, 0.5) is 13.2 Å². The molecule has 0 amide bonds. The van der Waals surface area contributed by atoms with Crippen LogP contribution in [-0.2, 0) is 32.8 Å². The molecule has 9 nitrogen and oxygen atoms in total. The lowest BCUT2D eigenvalue weighted by atomic mass is 10.0. The molecule has 1 aliphatic heterocycles. The molecule has 0 bridgehead atoms. The topological polar surface area (TPSA) is 105 Å². The molecule has 1 aromatic heterocycles. The fraction of sp³-hybridized carbons (Fsp3) is 0.750. The minimum absolute atomic E-state index is 0.0322. The Labute approximate surface area is 167 Å². The highest BCUT2D eigenvalue weighted by Gasteiger charge is 2.38. The molecule has 3 rings (SSSR count). The molecule has 0 radical (unpaired) electrons. The summed E-state index contributed by atoms with van der Waals surface area (Å²) in [7, 11) is 1.33. The van der Waals surface area contributed by atoms with Gasteiger partial charge in [-0.2, -0.15) is 30.2 Å². The Morgan fingerprint density at radius 2 is 1.97 bits per heavy atom. The standard InChI is InChI=1S/C14H24N4O3S.C2HF3O2/c1-16(2)22(19,20)18-7-12(9-21-3)14-13(8-18)15-10-17(14)6-11-4-5-11;3-2(4,5)1(6)7/h10-12H,4-9H2,1-3H3;(H,6,7). The van der Waals surface area contributed by atoms with E-state index in [1.807, 2.05) is 6.33 Å². The van der Waals surface area contributed by atoms with Gasteiger partial charge in [-0.25, -0.2) is 9.78 Å². The van der Waals surface area contributed by atoms with Gasteiger partial charge in [-0.05, 0) is 18.8 Å². The molecular weight excluding hydrogens is 417 g/mol. The fourth-order valence-electron chi connectivity index (χ4n) is 3.05. The maximum atomic E-state index is 12.4. The van der Waals surface area contributed by atoms with Crippen molar-refractivity contribution in [3.8, 4) is 0 Å². The Kier molecular flexibility index (Phi) is 7.30. The van der Waals surface area contributed by atoms with E-state index >= 15 is 0 Å². The second-order valence-corrected chi connectivity index (χ2v) is 9.35. The zero-order valence-electron chi connectivity index (χ0n) is 16.4. The van der Waals surface area contributed by atoms with E-state index in [4.69, 9.17) is 14.6 Å². The molecule has 1 unspecified atom stereocenters. The number of rotatable bonds is 6. The van der Waals surface area contributed by atoms with E-state index in [1.54, 1.807) is 21.2 Å². The maximum Gasteiger partial charge on any atom is 0.490 e. The quantitative estimate of drug-likeness (QED) is 0.712. The van der Waals surface area contributed by atoms with Gasteiger partial charge in [0.2, 0.25) is 0 Å². The van der Waals surface area contributed by atoms with Gasteiger partial charge in [-0.3, -0.25) is 0 Å². The van der Waals surface area contributed by atoms with E-state index in [0.717, 1.165) is 23.9 Å². The number of hydrogen-bond acceptors (Lipinski definition) is 5. The van der Waals surface area contributed by atoms with Crippen LogP contribution >= 0.6 is 0 Å². The number of alkyl halides is 3. The van der Waals surface area contributed by atoms with Crippen molar-refractivity contribution in [2.75, 3.05) is 34.4 Å². The molecule has 0 saturated heterocycles. The largest absolute Gasteiger partial charge is 0.490 e. The van der Waals surface area contributed by atoms with Crippen LogP contribution in [0.1, 0.15) is 30.1 Å². The number of carbonyl (C=O) groups is 1. The summed E-state index contributed by atoms with van der Waals surface area (Å²) in [4.78, 5) is 13.4. The number of carboxylic acid groups (broad SMARTS) is 1. The van der Waals surface area contributed by atoms with Crippen molar-refractivity contribution in [1.82, 2.24) is 18.2 Å². The van der Waals surface area contributed by atoms with E-state index in [0.29, 0.717) is 19.7 Å². The summed E-state index contributed by atoms with van der Waals surface area (Å²) in [6.07, 6.45) is -0.663. The van der Waals surface area contributed by atoms with Gasteiger partial charge in [0.25, 0.3) is 10.2 Å². The van der Waals surface area contributed by atoms with Gasteiger partial charge < -0.3 is 14.4 Å². The number of aromatic nitrogens is 2. The number of methoxy groups -OCH3 is 1. The molecule has 13 heteroatoms. The molecule has 1 aliphatic carbocycles. The van der Waals surface area contributed by atoms with Crippen molar-refractivity contribution in [1.29, 1.82) is 0 Å². The molecule has 1 atom stereocenters. The smallest absolute Gasteiger partial charge is 0.475 e. The second kappa shape index (κ2) is 8.98. The lowest BCUT2D eigenvalue weighted by molar-refractivity contribution is -0.192. The molecule has 29 heavy (non-hydrogen) atoms. The molecule has 1 aromatic rings. The molecule has 0 aromatic carbocycles. The van der Waals surface area contributed by atoms with Gasteiger partial charge in [-0.15, -0.1) is 0 Å². The van der Waals surface area contributed by atoms with Gasteiger partial charge in [0, 0.05) is 45.9 Å². The Morgan fingerprint density at radius 1 is 1.38 bits per heavy atom. The van der Waals surface area contributed by atoms with Crippen LogP contribution in [0, 0.1) is 5.92 Å². The zero-order valence-corrected chi connectivity index (χ0v) is 17.2. The predicted octanol–water partition coefficient (Wildman–Crippen LogP) is 1.28. The monoisotopic (exact) mass is 442 g/mol. The average molecular weight is 442 g/mol. The predicted molar refractivity (Wildman–Crippen MR) is 96.3 cm³/mol. The summed E-state index contributed by atoms with van der Waals surface area (Å²) in [6.45, 7) is 2.28. The molecule has 1 N–H and O–H groups in total.